The number of nitriles is 1. The van der Waals surface area contributed by atoms with Gasteiger partial charge in [-0.3, -0.25) is 0 Å². The lowest BCUT2D eigenvalue weighted by Gasteiger charge is -2.12. The Hall–Kier alpha value is -5.00. The highest BCUT2D eigenvalue weighted by atomic mass is 16.5. The number of nitrogens with zero attached hydrogens (tertiary/aromatic N) is 6. The number of nitrogens with one attached hydrogen (secondary N) is 1. The monoisotopic (exact) mass is 453 g/mol. The number of hydrogen-bond acceptors (Lipinski definition) is 7. The number of ether oxygens (including phenoxy) is 2. The largest absolute Gasteiger partial charge is 0.462 e. The Morgan fingerprint density at radius 2 is 1.94 bits per heavy atom. The topological polar surface area (TPSA) is 137 Å². The molecule has 0 saturated carbocycles. The first-order valence-electron chi connectivity index (χ1n) is 10.4. The van der Waals surface area contributed by atoms with Crippen LogP contribution in [-0.4, -0.2) is 22.2 Å². The van der Waals surface area contributed by atoms with Gasteiger partial charge in [-0.1, -0.05) is 23.3 Å². The van der Waals surface area contributed by atoms with Crippen LogP contribution in [0.3, 0.4) is 0 Å². The summed E-state index contributed by atoms with van der Waals surface area (Å²) in [6.45, 7) is 1.77. The van der Waals surface area contributed by atoms with Crippen molar-refractivity contribution in [3.05, 3.63) is 94.1 Å². The van der Waals surface area contributed by atoms with Crippen molar-refractivity contribution in [2.45, 2.75) is 13.5 Å². The van der Waals surface area contributed by atoms with Gasteiger partial charge in [-0.2, -0.15) is 10.4 Å². The van der Waals surface area contributed by atoms with Crippen molar-refractivity contribution in [3.63, 3.8) is 0 Å². The van der Waals surface area contributed by atoms with Crippen molar-refractivity contribution in [3.8, 4) is 17.6 Å². The second kappa shape index (κ2) is 10.1. The molecule has 0 saturated heterocycles. The van der Waals surface area contributed by atoms with Crippen LogP contribution in [0.1, 0.15) is 28.4 Å². The average molecular weight is 453 g/mol. The van der Waals surface area contributed by atoms with E-state index in [2.05, 4.69) is 26.5 Å². The second-order valence-corrected chi connectivity index (χ2v) is 7.03. The Kier molecular flexibility index (Phi) is 6.58. The van der Waals surface area contributed by atoms with Crippen molar-refractivity contribution in [2.24, 2.45) is 5.11 Å². The first kappa shape index (κ1) is 22.2. The number of anilines is 2. The Morgan fingerprint density at radius 3 is 2.62 bits per heavy atom. The summed E-state index contributed by atoms with van der Waals surface area (Å²) in [6.07, 6.45) is 2.90. The lowest BCUT2D eigenvalue weighted by Crippen LogP contribution is -2.06. The standard InChI is InChI=1S/C24H19N7O3/c1-2-33-24(32)21-15-31-23(20(21)14-27-30-26)22(16(12-25)13-28-31)29-17-8-10-19(11-9-17)34-18-6-4-3-5-7-18/h3-11,13,15,29H,2,14H2,1H3. The van der Waals surface area contributed by atoms with Crippen LogP contribution in [0.4, 0.5) is 11.4 Å². The van der Waals surface area contributed by atoms with E-state index < -0.39 is 5.97 Å². The molecule has 0 spiro atoms. The maximum Gasteiger partial charge on any atom is 0.340 e. The molecule has 2 aromatic carbocycles. The van der Waals surface area contributed by atoms with Crippen molar-refractivity contribution in [1.82, 2.24) is 9.61 Å². The van der Waals surface area contributed by atoms with Gasteiger partial charge in [-0.25, -0.2) is 9.31 Å². The van der Waals surface area contributed by atoms with Gasteiger partial charge in [0, 0.05) is 22.4 Å². The van der Waals surface area contributed by atoms with E-state index in [9.17, 15) is 10.1 Å². The molecule has 0 atom stereocenters. The molecule has 10 heteroatoms. The highest BCUT2D eigenvalue weighted by Gasteiger charge is 2.22. The summed E-state index contributed by atoms with van der Waals surface area (Å²) in [5.74, 6) is 0.796. The Labute approximate surface area is 194 Å². The molecule has 0 aliphatic carbocycles. The Morgan fingerprint density at radius 1 is 1.21 bits per heavy atom. The smallest absolute Gasteiger partial charge is 0.340 e. The SMILES string of the molecule is CCOC(=O)c1cn2ncc(C#N)c(Nc3ccc(Oc4ccccc4)cc3)c2c1CN=[N+]=[N-]. The predicted molar refractivity (Wildman–Crippen MR) is 125 cm³/mol. The molecule has 10 nitrogen and oxygen atoms in total. The van der Waals surface area contributed by atoms with Gasteiger partial charge in [-0.15, -0.1) is 0 Å². The maximum absolute atomic E-state index is 12.5. The van der Waals surface area contributed by atoms with Gasteiger partial charge in [0.15, 0.2) is 0 Å². The quantitative estimate of drug-likeness (QED) is 0.156. The minimum Gasteiger partial charge on any atom is -0.462 e. The van der Waals surface area contributed by atoms with Crippen LogP contribution in [-0.2, 0) is 11.3 Å². The molecule has 0 fully saturated rings. The molecule has 2 aromatic heterocycles. The highest BCUT2D eigenvalue weighted by molar-refractivity contribution is 5.97. The van der Waals surface area contributed by atoms with Crippen LogP contribution >= 0.6 is 0 Å². The number of carbonyl (C=O) groups is 1. The fourth-order valence-electron chi connectivity index (χ4n) is 3.43. The molecular weight excluding hydrogens is 434 g/mol. The molecule has 168 valence electrons. The van der Waals surface area contributed by atoms with Crippen molar-refractivity contribution >= 4 is 22.9 Å². The second-order valence-electron chi connectivity index (χ2n) is 7.03. The number of carbonyl (C=O) groups excluding carboxylic acids is 1. The third kappa shape index (κ3) is 4.60. The van der Waals surface area contributed by atoms with Gasteiger partial charge in [0.1, 0.15) is 17.6 Å². The van der Waals surface area contributed by atoms with Crippen molar-refractivity contribution in [1.29, 1.82) is 5.26 Å². The first-order valence-corrected chi connectivity index (χ1v) is 10.4. The number of rotatable bonds is 8. The third-order valence-corrected chi connectivity index (χ3v) is 4.92. The first-order chi connectivity index (χ1) is 16.6. The Balaban J connectivity index is 1.74. The van der Waals surface area contributed by atoms with Gasteiger partial charge < -0.3 is 14.8 Å². The lowest BCUT2D eigenvalue weighted by atomic mass is 10.1. The predicted octanol–water partition coefficient (Wildman–Crippen LogP) is 5.73. The van der Waals surface area contributed by atoms with E-state index >= 15 is 0 Å². The minimum absolute atomic E-state index is 0.115. The number of azide groups is 1. The van der Waals surface area contributed by atoms with E-state index in [1.165, 1.54) is 16.9 Å². The molecular formula is C24H19N7O3. The van der Waals surface area contributed by atoms with Gasteiger partial charge in [0.2, 0.25) is 0 Å². The zero-order chi connectivity index (χ0) is 23.9. The zero-order valence-electron chi connectivity index (χ0n) is 18.2. The van der Waals surface area contributed by atoms with E-state index in [-0.39, 0.29) is 24.3 Å². The molecule has 4 aromatic rings. The van der Waals surface area contributed by atoms with Gasteiger partial charge in [0.05, 0.1) is 41.7 Å². The van der Waals surface area contributed by atoms with Gasteiger partial charge >= 0.3 is 5.97 Å². The third-order valence-electron chi connectivity index (χ3n) is 4.92. The Bertz CT molecular complexity index is 1420. The van der Waals surface area contributed by atoms with E-state index in [0.717, 1.165) is 0 Å². The van der Waals surface area contributed by atoms with Crippen molar-refractivity contribution in [2.75, 3.05) is 11.9 Å². The van der Waals surface area contributed by atoms with Crippen LogP contribution < -0.4 is 10.1 Å². The number of aromatic nitrogens is 2. The van der Waals surface area contributed by atoms with Crippen LogP contribution in [0, 0.1) is 11.3 Å². The average Bonchev–Trinajstić information content (AvgIpc) is 3.24. The normalized spacial score (nSPS) is 10.2. The number of hydrogen-bond donors (Lipinski definition) is 1. The molecule has 4 rings (SSSR count). The summed E-state index contributed by atoms with van der Waals surface area (Å²) in [6, 6.07) is 18.7. The molecule has 0 unspecified atom stereocenters. The van der Waals surface area contributed by atoms with E-state index in [0.29, 0.717) is 34.0 Å². The zero-order valence-corrected chi connectivity index (χ0v) is 18.2. The van der Waals surface area contributed by atoms with E-state index in [1.54, 1.807) is 31.2 Å². The summed E-state index contributed by atoms with van der Waals surface area (Å²) in [5.41, 5.74) is 11.3. The van der Waals surface area contributed by atoms with Gasteiger partial charge in [0.25, 0.3) is 0 Å². The van der Waals surface area contributed by atoms with Gasteiger partial charge in [-0.05, 0) is 48.9 Å². The number of esters is 1. The van der Waals surface area contributed by atoms with Crippen LogP contribution in [0.25, 0.3) is 16.0 Å². The molecule has 0 aliphatic heterocycles. The maximum atomic E-state index is 12.5. The summed E-state index contributed by atoms with van der Waals surface area (Å²) in [7, 11) is 0. The molecule has 34 heavy (non-hydrogen) atoms. The van der Waals surface area contributed by atoms with E-state index in [4.69, 9.17) is 15.0 Å². The van der Waals surface area contributed by atoms with Crippen LogP contribution in [0.15, 0.2) is 72.1 Å². The lowest BCUT2D eigenvalue weighted by molar-refractivity contribution is 0.0525. The van der Waals surface area contributed by atoms with Crippen molar-refractivity contribution < 1.29 is 14.3 Å². The molecule has 1 N–H and O–H groups in total. The minimum atomic E-state index is -0.567. The van der Waals surface area contributed by atoms with Crippen LogP contribution in [0.5, 0.6) is 11.5 Å². The summed E-state index contributed by atoms with van der Waals surface area (Å²) >= 11 is 0. The molecule has 0 amide bonds. The highest BCUT2D eigenvalue weighted by Crippen LogP contribution is 2.32. The molecule has 2 heterocycles. The molecule has 0 aliphatic rings. The fourth-order valence-corrected chi connectivity index (χ4v) is 3.43. The van der Waals surface area contributed by atoms with Crippen LogP contribution in [0.2, 0.25) is 0 Å². The number of fused-ring (bicyclic) bond motifs is 1. The fraction of sp³-hybridized carbons (Fsp3) is 0.125. The summed E-state index contributed by atoms with van der Waals surface area (Å²) < 4.78 is 12.4. The summed E-state index contributed by atoms with van der Waals surface area (Å²) in [4.78, 5) is 15.3. The van der Waals surface area contributed by atoms with E-state index in [1.807, 2.05) is 30.3 Å². The summed E-state index contributed by atoms with van der Waals surface area (Å²) in [5, 5.41) is 20.8. The number of para-hydroxylation sites is 1. The number of benzene rings is 2. The molecule has 0 bridgehead atoms. The molecule has 0 radical (unpaired) electrons.